The molecule has 1 aromatic rings. The van der Waals surface area contributed by atoms with Gasteiger partial charge in [0.15, 0.2) is 11.5 Å². The van der Waals surface area contributed by atoms with Crippen LogP contribution in [0.2, 0.25) is 0 Å². The lowest BCUT2D eigenvalue weighted by atomic mass is 9.84. The van der Waals surface area contributed by atoms with Gasteiger partial charge in [-0.15, -0.1) is 0 Å². The molecule has 0 bridgehead atoms. The Morgan fingerprint density at radius 2 is 1.85 bits per heavy atom. The van der Waals surface area contributed by atoms with Gasteiger partial charge >= 0.3 is 0 Å². The molecule has 1 aliphatic rings. The summed E-state index contributed by atoms with van der Waals surface area (Å²) in [6.07, 6.45) is 3.20. The fourth-order valence-electron chi connectivity index (χ4n) is 2.54. The largest absolute Gasteiger partial charge is 0.493 e. The van der Waals surface area contributed by atoms with Gasteiger partial charge in [0.2, 0.25) is 5.91 Å². The molecule has 1 amide bonds. The van der Waals surface area contributed by atoms with Crippen LogP contribution in [-0.2, 0) is 4.79 Å². The van der Waals surface area contributed by atoms with Gasteiger partial charge in [0.05, 0.1) is 20.3 Å². The lowest BCUT2D eigenvalue weighted by Gasteiger charge is -2.27. The summed E-state index contributed by atoms with van der Waals surface area (Å²) >= 11 is 0. The lowest BCUT2D eigenvalue weighted by molar-refractivity contribution is -0.128. The van der Waals surface area contributed by atoms with Crippen molar-refractivity contribution in [2.45, 2.75) is 39.2 Å². The fourth-order valence-corrected chi connectivity index (χ4v) is 2.54. The van der Waals surface area contributed by atoms with Gasteiger partial charge in [-0.05, 0) is 49.9 Å². The van der Waals surface area contributed by atoms with Gasteiger partial charge in [0.25, 0.3) is 0 Å². The van der Waals surface area contributed by atoms with E-state index in [1.807, 2.05) is 26.0 Å². The molecular weight excluding hydrogens is 254 g/mol. The van der Waals surface area contributed by atoms with Gasteiger partial charge in [-0.3, -0.25) is 4.79 Å². The highest BCUT2D eigenvalue weighted by Crippen LogP contribution is 2.33. The summed E-state index contributed by atoms with van der Waals surface area (Å²) in [4.78, 5) is 12.0. The van der Waals surface area contributed by atoms with Crippen LogP contribution in [0.5, 0.6) is 11.5 Å². The second kappa shape index (κ2) is 6.16. The smallest absolute Gasteiger partial charge is 0.223 e. The molecule has 1 aromatic carbocycles. The zero-order chi connectivity index (χ0) is 14.7. The van der Waals surface area contributed by atoms with E-state index in [4.69, 9.17) is 9.47 Å². The van der Waals surface area contributed by atoms with E-state index in [1.54, 1.807) is 14.2 Å². The maximum atomic E-state index is 12.0. The molecule has 1 fully saturated rings. The Hall–Kier alpha value is -1.71. The Labute approximate surface area is 120 Å². The highest BCUT2D eigenvalue weighted by Gasteiger charge is 2.26. The van der Waals surface area contributed by atoms with Gasteiger partial charge in [0, 0.05) is 5.92 Å². The van der Waals surface area contributed by atoms with Crippen molar-refractivity contribution in [2.75, 3.05) is 14.2 Å². The number of ether oxygens (including phenoxy) is 2. The van der Waals surface area contributed by atoms with Crippen molar-refractivity contribution >= 4 is 5.91 Å². The van der Waals surface area contributed by atoms with Gasteiger partial charge in [0.1, 0.15) is 0 Å². The number of nitrogens with one attached hydrogen (secondary N) is 1. The number of carbonyl (C=O) groups excluding carboxylic acids is 1. The quantitative estimate of drug-likeness (QED) is 0.900. The molecule has 0 radical (unpaired) electrons. The number of hydrogen-bond donors (Lipinski definition) is 1. The zero-order valence-corrected chi connectivity index (χ0v) is 12.7. The van der Waals surface area contributed by atoms with E-state index < -0.39 is 0 Å². The average Bonchev–Trinajstić information content (AvgIpc) is 2.35. The minimum absolute atomic E-state index is 0.0251. The van der Waals surface area contributed by atoms with Gasteiger partial charge < -0.3 is 14.8 Å². The van der Waals surface area contributed by atoms with Crippen LogP contribution in [0.15, 0.2) is 12.1 Å². The average molecular weight is 277 g/mol. The number of methoxy groups -OCH3 is 2. The van der Waals surface area contributed by atoms with Crippen molar-refractivity contribution in [1.29, 1.82) is 0 Å². The number of amides is 1. The maximum Gasteiger partial charge on any atom is 0.223 e. The minimum atomic E-state index is -0.0251. The van der Waals surface area contributed by atoms with Crippen LogP contribution in [0.25, 0.3) is 0 Å². The van der Waals surface area contributed by atoms with E-state index >= 15 is 0 Å². The number of benzene rings is 1. The lowest BCUT2D eigenvalue weighted by Crippen LogP contribution is -2.36. The van der Waals surface area contributed by atoms with E-state index in [0.717, 1.165) is 24.0 Å². The molecule has 0 aromatic heterocycles. The summed E-state index contributed by atoms with van der Waals surface area (Å²) in [6, 6.07) is 3.86. The summed E-state index contributed by atoms with van der Waals surface area (Å²) in [5.41, 5.74) is 2.15. The summed E-state index contributed by atoms with van der Waals surface area (Å²) in [7, 11) is 3.24. The second-order valence-electron chi connectivity index (χ2n) is 5.42. The molecule has 0 spiro atoms. The molecule has 2 rings (SSSR count). The maximum absolute atomic E-state index is 12.0. The topological polar surface area (TPSA) is 47.6 Å². The van der Waals surface area contributed by atoms with E-state index in [-0.39, 0.29) is 17.9 Å². The summed E-state index contributed by atoms with van der Waals surface area (Å²) < 4.78 is 10.6. The minimum Gasteiger partial charge on any atom is -0.493 e. The highest BCUT2D eigenvalue weighted by molar-refractivity contribution is 5.79. The first-order valence-electron chi connectivity index (χ1n) is 7.09. The predicted octanol–water partition coefficient (Wildman–Crippen LogP) is 2.99. The van der Waals surface area contributed by atoms with E-state index in [1.165, 1.54) is 6.42 Å². The molecule has 1 unspecified atom stereocenters. The van der Waals surface area contributed by atoms with E-state index in [2.05, 4.69) is 5.32 Å². The molecule has 0 aliphatic heterocycles. The van der Waals surface area contributed by atoms with Crippen molar-refractivity contribution < 1.29 is 14.3 Å². The predicted molar refractivity (Wildman–Crippen MR) is 78.2 cm³/mol. The first-order chi connectivity index (χ1) is 9.56. The molecular formula is C16H23NO3. The van der Waals surface area contributed by atoms with Gasteiger partial charge in [-0.2, -0.15) is 0 Å². The second-order valence-corrected chi connectivity index (χ2v) is 5.42. The van der Waals surface area contributed by atoms with Crippen LogP contribution in [0, 0.1) is 12.8 Å². The molecule has 0 heterocycles. The number of hydrogen-bond acceptors (Lipinski definition) is 3. The van der Waals surface area contributed by atoms with Crippen LogP contribution in [0.3, 0.4) is 0 Å². The Morgan fingerprint density at radius 1 is 1.25 bits per heavy atom. The summed E-state index contributed by atoms with van der Waals surface area (Å²) in [6.45, 7) is 4.02. The molecule has 4 heteroatoms. The van der Waals surface area contributed by atoms with Crippen molar-refractivity contribution in [3.63, 3.8) is 0 Å². The Kier molecular flexibility index (Phi) is 4.53. The number of aryl methyl sites for hydroxylation is 1. The summed E-state index contributed by atoms with van der Waals surface area (Å²) in [5.74, 6) is 1.78. The molecule has 1 saturated carbocycles. The number of rotatable bonds is 5. The first-order valence-corrected chi connectivity index (χ1v) is 7.09. The SMILES string of the molecule is COc1cc(C)c(C(C)NC(=O)C2CCC2)cc1OC. The van der Waals surface area contributed by atoms with Crippen LogP contribution in [0.1, 0.15) is 43.4 Å². The monoisotopic (exact) mass is 277 g/mol. The molecule has 20 heavy (non-hydrogen) atoms. The van der Waals surface area contributed by atoms with E-state index in [0.29, 0.717) is 11.5 Å². The Balaban J connectivity index is 2.15. The standard InChI is InChI=1S/C16H23NO3/c1-10-8-14(19-3)15(20-4)9-13(10)11(2)17-16(18)12-6-5-7-12/h8-9,11-12H,5-7H2,1-4H3,(H,17,18). The molecule has 1 aliphatic carbocycles. The third-order valence-electron chi connectivity index (χ3n) is 4.07. The normalized spacial score (nSPS) is 16.2. The molecule has 110 valence electrons. The summed E-state index contributed by atoms with van der Waals surface area (Å²) in [5, 5.41) is 3.09. The van der Waals surface area contributed by atoms with Crippen molar-refractivity contribution in [2.24, 2.45) is 5.92 Å². The van der Waals surface area contributed by atoms with Crippen LogP contribution < -0.4 is 14.8 Å². The Bertz CT molecular complexity index is 495. The van der Waals surface area contributed by atoms with Crippen LogP contribution in [0.4, 0.5) is 0 Å². The molecule has 1 atom stereocenters. The number of carbonyl (C=O) groups is 1. The Morgan fingerprint density at radius 3 is 2.35 bits per heavy atom. The zero-order valence-electron chi connectivity index (χ0n) is 12.7. The van der Waals surface area contributed by atoms with Gasteiger partial charge in [-0.25, -0.2) is 0 Å². The third-order valence-corrected chi connectivity index (χ3v) is 4.07. The van der Waals surface area contributed by atoms with Crippen molar-refractivity contribution in [3.05, 3.63) is 23.3 Å². The fraction of sp³-hybridized carbons (Fsp3) is 0.562. The highest BCUT2D eigenvalue weighted by atomic mass is 16.5. The van der Waals surface area contributed by atoms with Crippen LogP contribution >= 0.6 is 0 Å². The first kappa shape index (κ1) is 14.7. The molecule has 1 N–H and O–H groups in total. The van der Waals surface area contributed by atoms with Crippen molar-refractivity contribution in [3.8, 4) is 11.5 Å². The third kappa shape index (κ3) is 2.89. The molecule has 4 nitrogen and oxygen atoms in total. The molecule has 0 saturated heterocycles. The van der Waals surface area contributed by atoms with Crippen LogP contribution in [-0.4, -0.2) is 20.1 Å². The van der Waals surface area contributed by atoms with E-state index in [9.17, 15) is 4.79 Å². The van der Waals surface area contributed by atoms with Gasteiger partial charge in [-0.1, -0.05) is 6.42 Å². The van der Waals surface area contributed by atoms with Crippen molar-refractivity contribution in [1.82, 2.24) is 5.32 Å².